The fourth-order valence-electron chi connectivity index (χ4n) is 2.45. The summed E-state index contributed by atoms with van der Waals surface area (Å²) >= 11 is 0. The Bertz CT molecular complexity index is 975. The van der Waals surface area contributed by atoms with Crippen LogP contribution in [0.15, 0.2) is 47.4 Å². The number of nitro groups is 1. The second-order valence-corrected chi connectivity index (χ2v) is 7.58. The summed E-state index contributed by atoms with van der Waals surface area (Å²) in [7, 11) is -4.14. The zero-order valence-electron chi connectivity index (χ0n) is 15.5. The van der Waals surface area contributed by atoms with Crippen molar-refractivity contribution in [3.8, 4) is 5.75 Å². The van der Waals surface area contributed by atoms with Crippen LogP contribution in [0, 0.1) is 17.0 Å². The van der Waals surface area contributed by atoms with Crippen LogP contribution in [0.5, 0.6) is 5.75 Å². The minimum Gasteiger partial charge on any atom is -0.494 e. The van der Waals surface area contributed by atoms with Crippen LogP contribution in [0.25, 0.3) is 0 Å². The highest BCUT2D eigenvalue weighted by Crippen LogP contribution is 2.22. The lowest BCUT2D eigenvalue weighted by Crippen LogP contribution is -2.41. The predicted octanol–water partition coefficient (Wildman–Crippen LogP) is 2.24. The van der Waals surface area contributed by atoms with Crippen LogP contribution in [-0.4, -0.2) is 25.9 Å². The highest BCUT2D eigenvalue weighted by molar-refractivity contribution is 7.89. The summed E-state index contributed by atoms with van der Waals surface area (Å²) in [5.41, 5.74) is 2.97. The van der Waals surface area contributed by atoms with Gasteiger partial charge in [0.2, 0.25) is 5.91 Å². The summed E-state index contributed by atoms with van der Waals surface area (Å²) in [5.74, 6) is 0.127. The molecule has 28 heavy (non-hydrogen) atoms. The number of carbonyl (C=O) groups is 1. The van der Waals surface area contributed by atoms with E-state index < -0.39 is 20.9 Å². The van der Waals surface area contributed by atoms with Crippen LogP contribution in [0.1, 0.15) is 24.5 Å². The summed E-state index contributed by atoms with van der Waals surface area (Å²) in [4.78, 5) is 24.0. The molecule has 2 aromatic carbocycles. The first kappa shape index (κ1) is 21.3. The topological polar surface area (TPSA) is 128 Å². The Morgan fingerprint density at radius 1 is 1.21 bits per heavy atom. The number of ether oxygens (including phenoxy) is 1. The Morgan fingerprint density at radius 3 is 2.61 bits per heavy atom. The van der Waals surface area contributed by atoms with Crippen LogP contribution < -0.4 is 15.0 Å². The monoisotopic (exact) mass is 407 g/mol. The zero-order chi connectivity index (χ0) is 20.7. The van der Waals surface area contributed by atoms with Crippen molar-refractivity contribution in [2.24, 2.45) is 0 Å². The van der Waals surface area contributed by atoms with Crippen molar-refractivity contribution in [3.63, 3.8) is 0 Å². The maximum absolute atomic E-state index is 12.3. The van der Waals surface area contributed by atoms with E-state index in [1.54, 1.807) is 6.07 Å². The molecule has 0 radical (unpaired) electrons. The number of para-hydroxylation sites is 1. The first-order chi connectivity index (χ1) is 13.2. The number of hydrazine groups is 1. The smallest absolute Gasteiger partial charge is 0.273 e. The van der Waals surface area contributed by atoms with Gasteiger partial charge in [-0.15, -0.1) is 4.83 Å². The molecule has 1 amide bonds. The van der Waals surface area contributed by atoms with Crippen molar-refractivity contribution < 1.29 is 22.9 Å². The van der Waals surface area contributed by atoms with Crippen LogP contribution in [0.3, 0.4) is 0 Å². The van der Waals surface area contributed by atoms with Crippen molar-refractivity contribution in [1.82, 2.24) is 10.3 Å². The molecule has 0 saturated carbocycles. The summed E-state index contributed by atoms with van der Waals surface area (Å²) in [6.07, 6.45) is 0.389. The van der Waals surface area contributed by atoms with E-state index >= 15 is 0 Å². The number of nitrogens with one attached hydrogen (secondary N) is 2. The minimum atomic E-state index is -4.14. The molecule has 0 heterocycles. The number of nitro benzene ring substituents is 1. The SMILES string of the molecule is CCOc1ccccc1CCC(=O)NNS(=O)(=O)c1ccc(C)c([N+](=O)[O-])c1. The largest absolute Gasteiger partial charge is 0.494 e. The molecule has 150 valence electrons. The van der Waals surface area contributed by atoms with E-state index in [4.69, 9.17) is 4.74 Å². The van der Waals surface area contributed by atoms with Gasteiger partial charge in [0, 0.05) is 18.1 Å². The van der Waals surface area contributed by atoms with E-state index in [1.165, 1.54) is 19.1 Å². The molecule has 0 saturated heterocycles. The van der Waals surface area contributed by atoms with Gasteiger partial charge in [-0.05, 0) is 38.0 Å². The van der Waals surface area contributed by atoms with Gasteiger partial charge < -0.3 is 4.74 Å². The number of sulfonamides is 1. The predicted molar refractivity (Wildman–Crippen MR) is 102 cm³/mol. The third kappa shape index (κ3) is 5.51. The molecule has 0 aliphatic rings. The fourth-order valence-corrected chi connectivity index (χ4v) is 3.33. The highest BCUT2D eigenvalue weighted by Gasteiger charge is 2.20. The lowest BCUT2D eigenvalue weighted by atomic mass is 10.1. The number of hydrogen-bond acceptors (Lipinski definition) is 6. The van der Waals surface area contributed by atoms with E-state index in [0.717, 1.165) is 11.6 Å². The molecule has 0 fully saturated rings. The zero-order valence-corrected chi connectivity index (χ0v) is 16.3. The van der Waals surface area contributed by atoms with Gasteiger partial charge in [0.05, 0.1) is 16.4 Å². The summed E-state index contributed by atoms with van der Waals surface area (Å²) in [6.45, 7) is 3.85. The molecule has 0 aliphatic heterocycles. The van der Waals surface area contributed by atoms with Gasteiger partial charge in [0.25, 0.3) is 15.7 Å². The molecule has 10 heteroatoms. The van der Waals surface area contributed by atoms with E-state index in [1.807, 2.05) is 30.0 Å². The maximum atomic E-state index is 12.3. The van der Waals surface area contributed by atoms with Crippen molar-refractivity contribution in [2.45, 2.75) is 31.6 Å². The van der Waals surface area contributed by atoms with Gasteiger partial charge in [-0.1, -0.05) is 24.3 Å². The Balaban J connectivity index is 1.99. The van der Waals surface area contributed by atoms with Gasteiger partial charge >= 0.3 is 0 Å². The molecule has 2 N–H and O–H groups in total. The summed E-state index contributed by atoms with van der Waals surface area (Å²) in [6, 6.07) is 10.8. The molecular weight excluding hydrogens is 386 g/mol. The lowest BCUT2D eigenvalue weighted by Gasteiger charge is -2.11. The molecule has 0 aromatic heterocycles. The molecule has 2 rings (SSSR count). The molecule has 0 atom stereocenters. The molecular formula is C18H21N3O6S. The van der Waals surface area contributed by atoms with Crippen LogP contribution >= 0.6 is 0 Å². The molecule has 0 aliphatic carbocycles. The Morgan fingerprint density at radius 2 is 1.93 bits per heavy atom. The molecule has 0 spiro atoms. The average Bonchev–Trinajstić information content (AvgIpc) is 2.66. The van der Waals surface area contributed by atoms with Gasteiger partial charge in [0.1, 0.15) is 5.75 Å². The minimum absolute atomic E-state index is 0.0284. The van der Waals surface area contributed by atoms with Gasteiger partial charge in [-0.3, -0.25) is 20.3 Å². The highest BCUT2D eigenvalue weighted by atomic mass is 32.2. The van der Waals surface area contributed by atoms with Gasteiger partial charge in [0.15, 0.2) is 0 Å². The van der Waals surface area contributed by atoms with E-state index in [-0.39, 0.29) is 17.0 Å². The van der Waals surface area contributed by atoms with E-state index in [0.29, 0.717) is 24.3 Å². The third-order valence-corrected chi connectivity index (χ3v) is 5.15. The Hall–Kier alpha value is -2.98. The fraction of sp³-hybridized carbons (Fsp3) is 0.278. The lowest BCUT2D eigenvalue weighted by molar-refractivity contribution is -0.385. The number of amides is 1. The normalized spacial score (nSPS) is 11.1. The molecule has 2 aromatic rings. The number of nitrogens with zero attached hydrogens (tertiary/aromatic N) is 1. The number of hydrogen-bond donors (Lipinski definition) is 2. The summed E-state index contributed by atoms with van der Waals surface area (Å²) < 4.78 is 30.0. The van der Waals surface area contributed by atoms with Gasteiger partial charge in [-0.2, -0.15) is 0 Å². The first-order valence-electron chi connectivity index (χ1n) is 8.51. The number of carbonyl (C=O) groups excluding carboxylic acids is 1. The first-order valence-corrected chi connectivity index (χ1v) is 9.99. The average molecular weight is 407 g/mol. The van der Waals surface area contributed by atoms with E-state index in [9.17, 15) is 23.3 Å². The Kier molecular flexibility index (Phi) is 7.07. The van der Waals surface area contributed by atoms with E-state index in [2.05, 4.69) is 5.43 Å². The number of benzene rings is 2. The van der Waals surface area contributed by atoms with Crippen LogP contribution in [-0.2, 0) is 21.2 Å². The quantitative estimate of drug-likeness (QED) is 0.485. The second kappa shape index (κ2) is 9.29. The number of rotatable bonds is 9. The van der Waals surface area contributed by atoms with Gasteiger partial charge in [-0.25, -0.2) is 8.42 Å². The molecule has 0 unspecified atom stereocenters. The third-order valence-electron chi connectivity index (χ3n) is 3.91. The molecule has 0 bridgehead atoms. The van der Waals surface area contributed by atoms with Crippen molar-refractivity contribution >= 4 is 21.6 Å². The van der Waals surface area contributed by atoms with Crippen molar-refractivity contribution in [1.29, 1.82) is 0 Å². The van der Waals surface area contributed by atoms with Crippen LogP contribution in [0.2, 0.25) is 0 Å². The molecule has 9 nitrogen and oxygen atoms in total. The summed E-state index contributed by atoms with van der Waals surface area (Å²) in [5, 5.41) is 11.0. The van der Waals surface area contributed by atoms with Crippen molar-refractivity contribution in [3.05, 3.63) is 63.7 Å². The standard InChI is InChI=1S/C18H21N3O6S/c1-3-27-17-7-5-4-6-14(17)9-11-18(22)19-20-28(25,26)15-10-8-13(2)16(12-15)21(23)24/h4-8,10,12,20H,3,9,11H2,1-2H3,(H,19,22). The Labute approximate surface area is 162 Å². The number of aryl methyl sites for hydroxylation is 2. The second-order valence-electron chi connectivity index (χ2n) is 5.90. The van der Waals surface area contributed by atoms with Crippen molar-refractivity contribution in [2.75, 3.05) is 6.61 Å². The van der Waals surface area contributed by atoms with Crippen LogP contribution in [0.4, 0.5) is 5.69 Å². The maximum Gasteiger partial charge on any atom is 0.273 e.